The van der Waals surface area contributed by atoms with Crippen LogP contribution in [0.3, 0.4) is 0 Å². The molecule has 0 radical (unpaired) electrons. The molecule has 1 N–H and O–H groups in total. The van der Waals surface area contributed by atoms with Gasteiger partial charge < -0.3 is 19.1 Å². The van der Waals surface area contributed by atoms with Gasteiger partial charge in [-0.05, 0) is 24.6 Å². The van der Waals surface area contributed by atoms with E-state index in [1.165, 1.54) is 6.07 Å². The van der Waals surface area contributed by atoms with Gasteiger partial charge in [0.15, 0.2) is 0 Å². The topological polar surface area (TPSA) is 63.9 Å². The maximum Gasteiger partial charge on any atom is 0.305 e. The zero-order valence-electron chi connectivity index (χ0n) is 17.2. The van der Waals surface area contributed by atoms with Crippen LogP contribution in [0.4, 0.5) is 4.39 Å². The number of ether oxygens (including phenoxy) is 2. The number of aromatic nitrogens is 1. The number of nitrogens with zero attached hydrogens (tertiary/aromatic N) is 2. The van der Waals surface area contributed by atoms with Gasteiger partial charge >= 0.3 is 5.97 Å². The number of hydrogen-bond acceptors (Lipinski definition) is 5. The molecule has 0 aliphatic carbocycles. The predicted molar refractivity (Wildman–Crippen MR) is 109 cm³/mol. The normalized spacial score (nSPS) is 12.3. The second kappa shape index (κ2) is 12.4. The summed E-state index contributed by atoms with van der Waals surface area (Å²) in [6.07, 6.45) is 2.19. The van der Waals surface area contributed by atoms with E-state index in [1.807, 2.05) is 40.8 Å². The molecule has 0 spiro atoms. The summed E-state index contributed by atoms with van der Waals surface area (Å²) in [5.74, 6) is -0.526. The van der Waals surface area contributed by atoms with Crippen molar-refractivity contribution >= 4 is 5.97 Å². The fourth-order valence-corrected chi connectivity index (χ4v) is 3.06. The molecule has 0 bridgehead atoms. The van der Waals surface area contributed by atoms with Gasteiger partial charge in [0, 0.05) is 50.6 Å². The number of halogens is 1. The summed E-state index contributed by atoms with van der Waals surface area (Å²) in [5.41, 5.74) is 1.62. The number of aliphatic hydroxyl groups is 1. The second-order valence-electron chi connectivity index (χ2n) is 7.03. The van der Waals surface area contributed by atoms with Gasteiger partial charge in [-0.1, -0.05) is 25.1 Å². The molecule has 0 amide bonds. The Labute approximate surface area is 171 Å². The van der Waals surface area contributed by atoms with Crippen LogP contribution in [0.1, 0.15) is 31.0 Å². The van der Waals surface area contributed by atoms with Crippen molar-refractivity contribution in [2.75, 3.05) is 33.4 Å². The predicted octanol–water partition coefficient (Wildman–Crippen LogP) is 2.83. The van der Waals surface area contributed by atoms with Crippen molar-refractivity contribution in [2.45, 2.75) is 39.0 Å². The number of hydrogen-bond donors (Lipinski definition) is 1. The summed E-state index contributed by atoms with van der Waals surface area (Å²) in [6, 6.07) is 10.6. The van der Waals surface area contributed by atoms with Gasteiger partial charge in [-0.3, -0.25) is 9.69 Å². The maximum atomic E-state index is 14.0. The zero-order valence-corrected chi connectivity index (χ0v) is 17.2. The quantitative estimate of drug-likeness (QED) is 0.518. The molecule has 0 saturated heterocycles. The SMILES string of the molecule is CCCC(=O)OC[C@@H](O)CN(CCOC)Cc1cccn1Cc1ccccc1F. The van der Waals surface area contributed by atoms with Crippen LogP contribution in [-0.4, -0.2) is 60.1 Å². The monoisotopic (exact) mass is 406 g/mol. The fourth-order valence-electron chi connectivity index (χ4n) is 3.06. The average Bonchev–Trinajstić information content (AvgIpc) is 3.13. The molecule has 0 aliphatic heterocycles. The van der Waals surface area contributed by atoms with Crippen LogP contribution < -0.4 is 0 Å². The van der Waals surface area contributed by atoms with E-state index in [1.54, 1.807) is 19.2 Å². The summed E-state index contributed by atoms with van der Waals surface area (Å²) >= 11 is 0. The van der Waals surface area contributed by atoms with E-state index in [0.29, 0.717) is 51.2 Å². The molecule has 7 heteroatoms. The molecule has 0 unspecified atom stereocenters. The standard InChI is InChI=1S/C22H31FN2O4/c1-3-7-22(27)29-17-20(26)16-24(12-13-28-2)15-19-9-6-11-25(19)14-18-8-4-5-10-21(18)23/h4-6,8-11,20,26H,3,7,12-17H2,1-2H3/t20-/m0/s1. The third kappa shape index (κ3) is 7.97. The Bertz CT molecular complexity index is 750. The summed E-state index contributed by atoms with van der Waals surface area (Å²) in [7, 11) is 1.63. The van der Waals surface area contributed by atoms with Crippen molar-refractivity contribution in [2.24, 2.45) is 0 Å². The highest BCUT2D eigenvalue weighted by Crippen LogP contribution is 2.13. The lowest BCUT2D eigenvalue weighted by Gasteiger charge is -2.25. The second-order valence-corrected chi connectivity index (χ2v) is 7.03. The van der Waals surface area contributed by atoms with Crippen molar-refractivity contribution < 1.29 is 23.8 Å². The minimum atomic E-state index is -0.789. The molecular formula is C22H31FN2O4. The highest BCUT2D eigenvalue weighted by molar-refractivity contribution is 5.69. The first-order valence-electron chi connectivity index (χ1n) is 9.95. The van der Waals surface area contributed by atoms with E-state index < -0.39 is 6.10 Å². The zero-order chi connectivity index (χ0) is 21.1. The van der Waals surface area contributed by atoms with Gasteiger partial charge in [0.1, 0.15) is 18.5 Å². The van der Waals surface area contributed by atoms with Crippen molar-refractivity contribution in [3.8, 4) is 0 Å². The lowest BCUT2D eigenvalue weighted by Crippen LogP contribution is -2.37. The summed E-state index contributed by atoms with van der Waals surface area (Å²) in [4.78, 5) is 13.5. The van der Waals surface area contributed by atoms with Crippen LogP contribution in [0.2, 0.25) is 0 Å². The molecule has 160 valence electrons. The Morgan fingerprint density at radius 3 is 2.79 bits per heavy atom. The van der Waals surface area contributed by atoms with E-state index in [0.717, 1.165) is 5.69 Å². The Morgan fingerprint density at radius 2 is 2.07 bits per heavy atom. The minimum absolute atomic E-state index is 0.0292. The van der Waals surface area contributed by atoms with Crippen LogP contribution in [0, 0.1) is 5.82 Å². The van der Waals surface area contributed by atoms with E-state index in [-0.39, 0.29) is 18.4 Å². The molecule has 2 aromatic rings. The molecule has 1 aromatic heterocycles. The molecule has 1 heterocycles. The van der Waals surface area contributed by atoms with E-state index >= 15 is 0 Å². The van der Waals surface area contributed by atoms with Crippen LogP contribution in [0.15, 0.2) is 42.6 Å². The third-order valence-electron chi connectivity index (χ3n) is 4.58. The number of carbonyl (C=O) groups is 1. The lowest BCUT2D eigenvalue weighted by atomic mass is 10.2. The Balaban J connectivity index is 1.98. The number of methoxy groups -OCH3 is 1. The largest absolute Gasteiger partial charge is 0.463 e. The van der Waals surface area contributed by atoms with Crippen LogP contribution in [0.25, 0.3) is 0 Å². The molecule has 2 rings (SSSR count). The number of carbonyl (C=O) groups excluding carboxylic acids is 1. The molecule has 29 heavy (non-hydrogen) atoms. The number of benzene rings is 1. The highest BCUT2D eigenvalue weighted by Gasteiger charge is 2.16. The van der Waals surface area contributed by atoms with Crippen molar-refractivity contribution in [3.63, 3.8) is 0 Å². The molecule has 0 aliphatic rings. The first-order chi connectivity index (χ1) is 14.0. The summed E-state index contributed by atoms with van der Waals surface area (Å²) < 4.78 is 26.3. The average molecular weight is 406 g/mol. The molecule has 1 atom stereocenters. The smallest absolute Gasteiger partial charge is 0.305 e. The fraction of sp³-hybridized carbons (Fsp3) is 0.500. The van der Waals surface area contributed by atoms with Gasteiger partial charge in [0.05, 0.1) is 13.2 Å². The minimum Gasteiger partial charge on any atom is -0.463 e. The Morgan fingerprint density at radius 1 is 1.28 bits per heavy atom. The van der Waals surface area contributed by atoms with Gasteiger partial charge in [-0.25, -0.2) is 4.39 Å². The van der Waals surface area contributed by atoms with Gasteiger partial charge in [-0.15, -0.1) is 0 Å². The Kier molecular flexibility index (Phi) is 9.83. The van der Waals surface area contributed by atoms with Gasteiger partial charge in [0.2, 0.25) is 0 Å². The molecule has 1 aromatic carbocycles. The number of aliphatic hydroxyl groups excluding tert-OH is 1. The third-order valence-corrected chi connectivity index (χ3v) is 4.58. The lowest BCUT2D eigenvalue weighted by molar-refractivity contribution is -0.147. The molecule has 0 fully saturated rings. The van der Waals surface area contributed by atoms with Gasteiger partial charge in [0.25, 0.3) is 0 Å². The number of rotatable bonds is 13. The van der Waals surface area contributed by atoms with Crippen LogP contribution in [0.5, 0.6) is 0 Å². The summed E-state index contributed by atoms with van der Waals surface area (Å²) in [6.45, 7) is 4.33. The maximum absolute atomic E-state index is 14.0. The first-order valence-corrected chi connectivity index (χ1v) is 9.95. The Hall–Kier alpha value is -2.22. The highest BCUT2D eigenvalue weighted by atomic mass is 19.1. The first kappa shape index (κ1) is 23.1. The van der Waals surface area contributed by atoms with Crippen molar-refractivity contribution in [3.05, 3.63) is 59.7 Å². The number of esters is 1. The van der Waals surface area contributed by atoms with Crippen LogP contribution >= 0.6 is 0 Å². The molecule has 6 nitrogen and oxygen atoms in total. The van der Waals surface area contributed by atoms with Crippen molar-refractivity contribution in [1.82, 2.24) is 9.47 Å². The van der Waals surface area contributed by atoms with Crippen LogP contribution in [-0.2, 0) is 27.4 Å². The van der Waals surface area contributed by atoms with Crippen molar-refractivity contribution in [1.29, 1.82) is 0 Å². The molecular weight excluding hydrogens is 375 g/mol. The van der Waals surface area contributed by atoms with Gasteiger partial charge in [-0.2, -0.15) is 0 Å². The summed E-state index contributed by atoms with van der Waals surface area (Å²) in [5, 5.41) is 10.3. The van der Waals surface area contributed by atoms with E-state index in [2.05, 4.69) is 0 Å². The van der Waals surface area contributed by atoms with E-state index in [4.69, 9.17) is 9.47 Å². The van der Waals surface area contributed by atoms with E-state index in [9.17, 15) is 14.3 Å². The molecule has 0 saturated carbocycles.